The van der Waals surface area contributed by atoms with Crippen LogP contribution in [-0.4, -0.2) is 36.7 Å². The van der Waals surface area contributed by atoms with Gasteiger partial charge >= 0.3 is 0 Å². The van der Waals surface area contributed by atoms with Gasteiger partial charge in [-0.2, -0.15) is 0 Å². The van der Waals surface area contributed by atoms with E-state index < -0.39 is 0 Å². The first kappa shape index (κ1) is 11.5. The normalized spacial score (nSPS) is 26.3. The topological polar surface area (TPSA) is 54.5 Å². The van der Waals surface area contributed by atoms with Gasteiger partial charge in [0.1, 0.15) is 0 Å². The molecule has 1 N–H and O–H groups in total. The molecule has 1 aromatic rings. The lowest BCUT2D eigenvalue weighted by Crippen LogP contribution is -2.42. The first-order chi connectivity index (χ1) is 8.81. The van der Waals surface area contributed by atoms with E-state index in [4.69, 9.17) is 4.74 Å². The molecule has 1 saturated heterocycles. The molecule has 3 rings (SSSR count). The van der Waals surface area contributed by atoms with Crippen molar-refractivity contribution in [3.05, 3.63) is 18.5 Å². The van der Waals surface area contributed by atoms with Crippen molar-refractivity contribution in [3.8, 4) is 0 Å². The number of ether oxygens (including phenoxy) is 1. The molecule has 2 aliphatic rings. The molecule has 18 heavy (non-hydrogen) atoms. The monoisotopic (exact) mass is 247 g/mol. The number of nitrogens with zero attached hydrogens (tertiary/aromatic N) is 2. The predicted molar refractivity (Wildman–Crippen MR) is 68.6 cm³/mol. The second-order valence-electron chi connectivity index (χ2n) is 4.79. The molecule has 2 aliphatic heterocycles. The minimum Gasteiger partial charge on any atom is -0.378 e. The highest BCUT2D eigenvalue weighted by Gasteiger charge is 2.40. The van der Waals surface area contributed by atoms with Gasteiger partial charge in [-0.3, -0.25) is 9.78 Å². The Labute approximate surface area is 106 Å². The highest BCUT2D eigenvalue weighted by Crippen LogP contribution is 2.34. The zero-order valence-corrected chi connectivity index (χ0v) is 10.4. The zero-order valence-electron chi connectivity index (χ0n) is 10.4. The van der Waals surface area contributed by atoms with Crippen molar-refractivity contribution < 1.29 is 9.53 Å². The summed E-state index contributed by atoms with van der Waals surface area (Å²) in [7, 11) is 0. The molecule has 0 aliphatic carbocycles. The van der Waals surface area contributed by atoms with Crippen molar-refractivity contribution in [3.63, 3.8) is 0 Å². The van der Waals surface area contributed by atoms with E-state index in [1.54, 1.807) is 12.4 Å². The van der Waals surface area contributed by atoms with Crippen molar-refractivity contribution in [2.75, 3.05) is 30.0 Å². The van der Waals surface area contributed by atoms with Crippen LogP contribution >= 0.6 is 0 Å². The SMILES string of the molecule is CCCN1c2ccncc2NC(=O)C2COCC21. The van der Waals surface area contributed by atoms with Gasteiger partial charge in [0.2, 0.25) is 5.91 Å². The Balaban J connectivity index is 2.05. The van der Waals surface area contributed by atoms with Gasteiger partial charge in [0.15, 0.2) is 0 Å². The lowest BCUT2D eigenvalue weighted by molar-refractivity contribution is -0.120. The Kier molecular flexibility index (Phi) is 2.91. The van der Waals surface area contributed by atoms with E-state index in [1.807, 2.05) is 6.07 Å². The van der Waals surface area contributed by atoms with Crippen molar-refractivity contribution in [1.29, 1.82) is 0 Å². The Morgan fingerprint density at radius 3 is 3.28 bits per heavy atom. The van der Waals surface area contributed by atoms with E-state index in [0.29, 0.717) is 13.2 Å². The largest absolute Gasteiger partial charge is 0.378 e. The molecule has 1 aromatic heterocycles. The molecule has 2 atom stereocenters. The highest BCUT2D eigenvalue weighted by atomic mass is 16.5. The maximum absolute atomic E-state index is 12.2. The lowest BCUT2D eigenvalue weighted by atomic mass is 10.0. The highest BCUT2D eigenvalue weighted by molar-refractivity contribution is 5.98. The molecule has 3 heterocycles. The summed E-state index contributed by atoms with van der Waals surface area (Å²) in [6, 6.07) is 2.11. The number of hydrogen-bond donors (Lipinski definition) is 1. The maximum atomic E-state index is 12.2. The Morgan fingerprint density at radius 1 is 1.56 bits per heavy atom. The molecule has 5 heteroatoms. The molecule has 1 amide bonds. The van der Waals surface area contributed by atoms with Gasteiger partial charge in [0.25, 0.3) is 0 Å². The van der Waals surface area contributed by atoms with Gasteiger partial charge in [-0.05, 0) is 12.5 Å². The standard InChI is InChI=1S/C13H17N3O2/c1-2-5-16-11-3-4-14-6-10(11)15-13(17)9-7-18-8-12(9)16/h3-4,6,9,12H,2,5,7-8H2,1H3,(H,15,17). The number of amides is 1. The molecule has 0 saturated carbocycles. The van der Waals surface area contributed by atoms with Crippen LogP contribution in [0.2, 0.25) is 0 Å². The van der Waals surface area contributed by atoms with E-state index >= 15 is 0 Å². The third kappa shape index (κ3) is 1.75. The summed E-state index contributed by atoms with van der Waals surface area (Å²) < 4.78 is 5.49. The van der Waals surface area contributed by atoms with Gasteiger partial charge in [-0.1, -0.05) is 6.92 Å². The molecular formula is C13H17N3O2. The summed E-state index contributed by atoms with van der Waals surface area (Å²) >= 11 is 0. The number of hydrogen-bond acceptors (Lipinski definition) is 4. The molecule has 0 aromatic carbocycles. The summed E-state index contributed by atoms with van der Waals surface area (Å²) in [6.07, 6.45) is 4.53. The number of nitrogens with one attached hydrogen (secondary N) is 1. The van der Waals surface area contributed by atoms with Gasteiger partial charge in [-0.25, -0.2) is 0 Å². The minimum absolute atomic E-state index is 0.0466. The number of aromatic nitrogens is 1. The van der Waals surface area contributed by atoms with Gasteiger partial charge < -0.3 is 15.0 Å². The zero-order chi connectivity index (χ0) is 12.5. The Bertz CT molecular complexity index is 463. The number of anilines is 2. The van der Waals surface area contributed by atoms with E-state index in [2.05, 4.69) is 22.1 Å². The van der Waals surface area contributed by atoms with Gasteiger partial charge in [-0.15, -0.1) is 0 Å². The number of pyridine rings is 1. The van der Waals surface area contributed by atoms with Gasteiger partial charge in [0, 0.05) is 12.7 Å². The number of fused-ring (bicyclic) bond motifs is 2. The van der Waals surface area contributed by atoms with E-state index in [1.165, 1.54) is 0 Å². The lowest BCUT2D eigenvalue weighted by Gasteiger charge is -2.30. The van der Waals surface area contributed by atoms with Crippen LogP contribution < -0.4 is 10.2 Å². The maximum Gasteiger partial charge on any atom is 0.232 e. The average molecular weight is 247 g/mol. The summed E-state index contributed by atoms with van der Waals surface area (Å²) in [5.74, 6) is -0.0331. The average Bonchev–Trinajstić information content (AvgIpc) is 2.82. The molecule has 0 spiro atoms. The van der Waals surface area contributed by atoms with Crippen LogP contribution in [0.1, 0.15) is 13.3 Å². The number of rotatable bonds is 2. The second-order valence-corrected chi connectivity index (χ2v) is 4.79. The minimum atomic E-state index is -0.0797. The third-order valence-electron chi connectivity index (χ3n) is 3.62. The fourth-order valence-corrected chi connectivity index (χ4v) is 2.77. The Morgan fingerprint density at radius 2 is 2.44 bits per heavy atom. The quantitative estimate of drug-likeness (QED) is 0.855. The fraction of sp³-hybridized carbons (Fsp3) is 0.538. The van der Waals surface area contributed by atoms with Gasteiger partial charge in [0.05, 0.1) is 42.7 Å². The molecule has 5 nitrogen and oxygen atoms in total. The van der Waals surface area contributed by atoms with Crippen LogP contribution in [0.25, 0.3) is 0 Å². The van der Waals surface area contributed by atoms with E-state index in [9.17, 15) is 4.79 Å². The summed E-state index contributed by atoms with van der Waals surface area (Å²) in [5, 5.41) is 2.96. The number of carbonyl (C=O) groups is 1. The summed E-state index contributed by atoms with van der Waals surface area (Å²) in [5.41, 5.74) is 1.86. The Hall–Kier alpha value is -1.62. The van der Waals surface area contributed by atoms with E-state index in [0.717, 1.165) is 24.3 Å². The molecule has 0 bridgehead atoms. The molecule has 0 radical (unpaired) electrons. The number of carbonyl (C=O) groups excluding carboxylic acids is 1. The van der Waals surface area contributed by atoms with Crippen LogP contribution in [0.4, 0.5) is 11.4 Å². The smallest absolute Gasteiger partial charge is 0.232 e. The van der Waals surface area contributed by atoms with Crippen LogP contribution in [-0.2, 0) is 9.53 Å². The summed E-state index contributed by atoms with van der Waals surface area (Å²) in [6.45, 7) is 4.21. The molecule has 96 valence electrons. The van der Waals surface area contributed by atoms with Crippen LogP contribution in [0.5, 0.6) is 0 Å². The first-order valence-corrected chi connectivity index (χ1v) is 6.40. The molecule has 2 unspecified atom stereocenters. The molecule has 1 fully saturated rings. The van der Waals surface area contributed by atoms with Crippen LogP contribution in [0, 0.1) is 5.92 Å². The molecular weight excluding hydrogens is 230 g/mol. The van der Waals surface area contributed by atoms with E-state index in [-0.39, 0.29) is 17.9 Å². The van der Waals surface area contributed by atoms with Crippen molar-refractivity contribution in [2.45, 2.75) is 19.4 Å². The van der Waals surface area contributed by atoms with Crippen molar-refractivity contribution >= 4 is 17.3 Å². The summed E-state index contributed by atoms with van der Waals surface area (Å²) in [4.78, 5) is 18.5. The van der Waals surface area contributed by atoms with Crippen LogP contribution in [0.3, 0.4) is 0 Å². The van der Waals surface area contributed by atoms with Crippen molar-refractivity contribution in [1.82, 2.24) is 4.98 Å². The predicted octanol–water partition coefficient (Wildman–Crippen LogP) is 1.27. The first-order valence-electron chi connectivity index (χ1n) is 6.40. The third-order valence-corrected chi connectivity index (χ3v) is 3.62. The van der Waals surface area contributed by atoms with Crippen LogP contribution in [0.15, 0.2) is 18.5 Å². The second kappa shape index (κ2) is 4.57. The fourth-order valence-electron chi connectivity index (χ4n) is 2.77. The van der Waals surface area contributed by atoms with Crippen molar-refractivity contribution in [2.24, 2.45) is 5.92 Å².